The lowest BCUT2D eigenvalue weighted by Crippen LogP contribution is -2.38. The number of para-hydroxylation sites is 2. The average molecular weight is 455 g/mol. The molecule has 0 spiro atoms. The molecule has 2 heterocycles. The normalized spacial score (nSPS) is 11.2. The molecular weight excluding hydrogens is 432 g/mol. The molecule has 0 aliphatic heterocycles. The van der Waals surface area contributed by atoms with Gasteiger partial charge in [0, 0.05) is 6.54 Å². The van der Waals surface area contributed by atoms with Crippen LogP contribution in [0.3, 0.4) is 0 Å². The minimum absolute atomic E-state index is 0.0901. The van der Waals surface area contributed by atoms with Crippen molar-refractivity contribution in [3.63, 3.8) is 0 Å². The number of carbonyl (C=O) groups is 1. The second-order valence-electron chi connectivity index (χ2n) is 7.81. The van der Waals surface area contributed by atoms with Crippen LogP contribution < -0.4 is 10.5 Å². The van der Waals surface area contributed by atoms with E-state index in [2.05, 4.69) is 4.98 Å². The van der Waals surface area contributed by atoms with Gasteiger partial charge in [0.2, 0.25) is 5.91 Å². The monoisotopic (exact) mass is 454 g/mol. The second-order valence-corrected chi connectivity index (χ2v) is 8.82. The average Bonchev–Trinajstić information content (AvgIpc) is 3.26. The molecule has 0 N–H and O–H groups in total. The Labute approximate surface area is 194 Å². The molecule has 5 aromatic rings. The fourth-order valence-electron chi connectivity index (χ4n) is 3.87. The molecule has 0 aliphatic rings. The molecule has 0 saturated carbocycles. The Morgan fingerprint density at radius 3 is 2.39 bits per heavy atom. The van der Waals surface area contributed by atoms with Gasteiger partial charge in [0.05, 0.1) is 21.1 Å². The summed E-state index contributed by atoms with van der Waals surface area (Å²) in [5, 5.41) is 1.14. The van der Waals surface area contributed by atoms with Gasteiger partial charge in [-0.25, -0.2) is 9.97 Å². The highest BCUT2D eigenvalue weighted by Crippen LogP contribution is 2.29. The Hall–Kier alpha value is -3.84. The summed E-state index contributed by atoms with van der Waals surface area (Å²) in [7, 11) is 0. The van der Waals surface area contributed by atoms with Crippen LogP contribution in [0.4, 0.5) is 5.13 Å². The highest BCUT2D eigenvalue weighted by molar-refractivity contribution is 7.22. The number of aryl methyl sites for hydroxylation is 1. The van der Waals surface area contributed by atoms with Crippen LogP contribution in [-0.4, -0.2) is 27.0 Å². The van der Waals surface area contributed by atoms with Crippen molar-refractivity contribution in [2.75, 3.05) is 11.4 Å². The molecule has 0 bridgehead atoms. The minimum atomic E-state index is -0.209. The van der Waals surface area contributed by atoms with Crippen molar-refractivity contribution >= 4 is 43.5 Å². The SMILES string of the molecule is Cc1nc2ccccc2c(=O)n1CC(=O)N(CCc1ccccc1)c1nc2ccccc2s1. The smallest absolute Gasteiger partial charge is 0.261 e. The zero-order valence-electron chi connectivity index (χ0n) is 18.1. The molecule has 3 aromatic carbocycles. The van der Waals surface area contributed by atoms with Gasteiger partial charge in [-0.2, -0.15) is 0 Å². The number of hydrogen-bond donors (Lipinski definition) is 0. The van der Waals surface area contributed by atoms with E-state index in [1.54, 1.807) is 24.0 Å². The number of rotatable bonds is 6. The van der Waals surface area contributed by atoms with Crippen LogP contribution in [-0.2, 0) is 17.8 Å². The molecule has 7 heteroatoms. The van der Waals surface area contributed by atoms with Crippen LogP contribution in [0.1, 0.15) is 11.4 Å². The number of anilines is 1. The Balaban J connectivity index is 1.50. The van der Waals surface area contributed by atoms with E-state index in [4.69, 9.17) is 4.98 Å². The van der Waals surface area contributed by atoms with Crippen LogP contribution in [0.2, 0.25) is 0 Å². The lowest BCUT2D eigenvalue weighted by molar-refractivity contribution is -0.119. The van der Waals surface area contributed by atoms with Crippen molar-refractivity contribution in [1.82, 2.24) is 14.5 Å². The van der Waals surface area contributed by atoms with Crippen LogP contribution >= 0.6 is 11.3 Å². The first-order valence-electron chi connectivity index (χ1n) is 10.8. The number of benzene rings is 3. The molecule has 0 aliphatic carbocycles. The lowest BCUT2D eigenvalue weighted by atomic mass is 10.1. The predicted molar refractivity (Wildman–Crippen MR) is 133 cm³/mol. The molecule has 0 unspecified atom stereocenters. The molecule has 0 saturated heterocycles. The molecule has 2 aromatic heterocycles. The summed E-state index contributed by atoms with van der Waals surface area (Å²) < 4.78 is 2.47. The molecule has 6 nitrogen and oxygen atoms in total. The van der Waals surface area contributed by atoms with Gasteiger partial charge in [-0.15, -0.1) is 0 Å². The lowest BCUT2D eigenvalue weighted by Gasteiger charge is -2.21. The number of fused-ring (bicyclic) bond motifs is 2. The largest absolute Gasteiger partial charge is 0.287 e. The third-order valence-corrected chi connectivity index (χ3v) is 6.69. The summed E-state index contributed by atoms with van der Waals surface area (Å²) in [6.07, 6.45) is 0.687. The van der Waals surface area contributed by atoms with Crippen molar-refractivity contribution in [3.05, 3.63) is 101 Å². The van der Waals surface area contributed by atoms with E-state index < -0.39 is 0 Å². The molecule has 0 radical (unpaired) electrons. The van der Waals surface area contributed by atoms with Gasteiger partial charge >= 0.3 is 0 Å². The number of aromatic nitrogens is 3. The molecule has 0 atom stereocenters. The summed E-state index contributed by atoms with van der Waals surface area (Å²) >= 11 is 1.48. The molecule has 164 valence electrons. The Kier molecular flexibility index (Phi) is 5.71. The summed E-state index contributed by atoms with van der Waals surface area (Å²) in [6.45, 7) is 2.14. The predicted octanol–water partition coefficient (Wildman–Crippen LogP) is 4.59. The third-order valence-electron chi connectivity index (χ3n) is 5.63. The van der Waals surface area contributed by atoms with E-state index in [9.17, 15) is 9.59 Å². The van der Waals surface area contributed by atoms with Crippen molar-refractivity contribution < 1.29 is 4.79 Å². The maximum Gasteiger partial charge on any atom is 0.261 e. The standard InChI is InChI=1S/C26H22N4O2S/c1-18-27-21-12-6-5-11-20(21)25(32)30(18)17-24(31)29(16-15-19-9-3-2-4-10-19)26-28-22-13-7-8-14-23(22)33-26/h2-14H,15-17H2,1H3. The van der Waals surface area contributed by atoms with Crippen molar-refractivity contribution in [1.29, 1.82) is 0 Å². The molecular formula is C26H22N4O2S. The van der Waals surface area contributed by atoms with E-state index in [1.807, 2.05) is 66.7 Å². The van der Waals surface area contributed by atoms with Gasteiger partial charge in [0.15, 0.2) is 5.13 Å². The topological polar surface area (TPSA) is 68.1 Å². The van der Waals surface area contributed by atoms with E-state index >= 15 is 0 Å². The first kappa shape index (κ1) is 21.0. The number of thiazole rings is 1. The van der Waals surface area contributed by atoms with E-state index in [0.717, 1.165) is 15.8 Å². The first-order valence-corrected chi connectivity index (χ1v) is 11.6. The minimum Gasteiger partial charge on any atom is -0.287 e. The van der Waals surface area contributed by atoms with Crippen LogP contribution in [0.25, 0.3) is 21.1 Å². The maximum atomic E-state index is 13.6. The Morgan fingerprint density at radius 1 is 0.909 bits per heavy atom. The first-order chi connectivity index (χ1) is 16.1. The van der Waals surface area contributed by atoms with Crippen LogP contribution in [0, 0.1) is 6.92 Å². The fraction of sp³-hybridized carbons (Fsp3) is 0.154. The zero-order chi connectivity index (χ0) is 22.8. The number of nitrogens with zero attached hydrogens (tertiary/aromatic N) is 4. The highest BCUT2D eigenvalue weighted by Gasteiger charge is 2.22. The summed E-state index contributed by atoms with van der Waals surface area (Å²) in [5.74, 6) is 0.326. The van der Waals surface area contributed by atoms with Gasteiger partial charge in [-0.3, -0.25) is 19.1 Å². The van der Waals surface area contributed by atoms with E-state index in [0.29, 0.717) is 34.8 Å². The number of hydrogen-bond acceptors (Lipinski definition) is 5. The number of carbonyl (C=O) groups excluding carboxylic acids is 1. The van der Waals surface area contributed by atoms with E-state index in [1.165, 1.54) is 15.9 Å². The van der Waals surface area contributed by atoms with E-state index in [-0.39, 0.29) is 18.0 Å². The van der Waals surface area contributed by atoms with Crippen molar-refractivity contribution in [2.24, 2.45) is 0 Å². The maximum absolute atomic E-state index is 13.6. The summed E-state index contributed by atoms with van der Waals surface area (Å²) in [6, 6.07) is 25.1. The quantitative estimate of drug-likeness (QED) is 0.376. The summed E-state index contributed by atoms with van der Waals surface area (Å²) in [5.41, 5.74) is 2.42. The van der Waals surface area contributed by atoms with Crippen LogP contribution in [0.5, 0.6) is 0 Å². The Morgan fingerprint density at radius 2 is 1.61 bits per heavy atom. The molecule has 5 rings (SSSR count). The molecule has 33 heavy (non-hydrogen) atoms. The third kappa shape index (κ3) is 4.27. The summed E-state index contributed by atoms with van der Waals surface area (Å²) in [4.78, 5) is 37.6. The van der Waals surface area contributed by atoms with Gasteiger partial charge in [0.25, 0.3) is 5.56 Å². The molecule has 1 amide bonds. The van der Waals surface area contributed by atoms with Crippen molar-refractivity contribution in [3.8, 4) is 0 Å². The van der Waals surface area contributed by atoms with Gasteiger partial charge < -0.3 is 0 Å². The zero-order valence-corrected chi connectivity index (χ0v) is 19.0. The van der Waals surface area contributed by atoms with Gasteiger partial charge in [0.1, 0.15) is 12.4 Å². The second kappa shape index (κ2) is 8.96. The van der Waals surface area contributed by atoms with Crippen LogP contribution in [0.15, 0.2) is 83.7 Å². The highest BCUT2D eigenvalue weighted by atomic mass is 32.1. The van der Waals surface area contributed by atoms with Gasteiger partial charge in [-0.1, -0.05) is 65.9 Å². The fourth-order valence-corrected chi connectivity index (χ4v) is 4.88. The number of amides is 1. The van der Waals surface area contributed by atoms with Crippen molar-refractivity contribution in [2.45, 2.75) is 19.9 Å². The molecule has 0 fully saturated rings. The van der Waals surface area contributed by atoms with Gasteiger partial charge in [-0.05, 0) is 43.2 Å². The Bertz CT molecular complexity index is 1470.